The van der Waals surface area contributed by atoms with E-state index in [0.29, 0.717) is 18.0 Å². The van der Waals surface area contributed by atoms with Crippen molar-refractivity contribution in [3.63, 3.8) is 0 Å². The Balaban J connectivity index is 1.94. The van der Waals surface area contributed by atoms with Gasteiger partial charge >= 0.3 is 0 Å². The molecular weight excluding hydrogens is 238 g/mol. The first kappa shape index (κ1) is 12.7. The minimum atomic E-state index is 0.319. The van der Waals surface area contributed by atoms with Crippen LogP contribution in [0.5, 0.6) is 0 Å². The summed E-state index contributed by atoms with van der Waals surface area (Å²) < 4.78 is 0. The van der Waals surface area contributed by atoms with Gasteiger partial charge in [-0.2, -0.15) is 5.26 Å². The Morgan fingerprint density at radius 3 is 2.42 bits per heavy atom. The molecule has 0 amide bonds. The molecule has 0 aliphatic carbocycles. The van der Waals surface area contributed by atoms with Gasteiger partial charge in [-0.15, -0.1) is 0 Å². The van der Waals surface area contributed by atoms with E-state index >= 15 is 0 Å². The molecule has 0 heterocycles. The molecule has 0 saturated carbocycles. The van der Waals surface area contributed by atoms with E-state index in [1.54, 1.807) is 12.1 Å². The second-order valence-electron chi connectivity index (χ2n) is 3.92. The van der Waals surface area contributed by atoms with Gasteiger partial charge in [-0.3, -0.25) is 0 Å². The number of hydrogen-bond donors (Lipinski definition) is 1. The van der Waals surface area contributed by atoms with Crippen molar-refractivity contribution >= 4 is 5.84 Å². The third kappa shape index (κ3) is 3.58. The molecule has 2 aromatic rings. The Bertz CT molecular complexity index is 598. The molecule has 0 aromatic heterocycles. The Morgan fingerprint density at radius 1 is 1.11 bits per heavy atom. The van der Waals surface area contributed by atoms with Gasteiger partial charge in [-0.1, -0.05) is 47.6 Å². The van der Waals surface area contributed by atoms with Crippen molar-refractivity contribution in [2.24, 2.45) is 10.9 Å². The smallest absolute Gasteiger partial charge is 0.170 e. The summed E-state index contributed by atoms with van der Waals surface area (Å²) in [5.74, 6) is 0.342. The quantitative estimate of drug-likeness (QED) is 0.515. The van der Waals surface area contributed by atoms with E-state index in [4.69, 9.17) is 15.8 Å². The zero-order chi connectivity index (χ0) is 13.5. The maximum absolute atomic E-state index is 8.68. The lowest BCUT2D eigenvalue weighted by Crippen LogP contribution is -2.13. The Kier molecular flexibility index (Phi) is 4.14. The normalized spacial score (nSPS) is 10.8. The molecular formula is C15H13N3O. The highest BCUT2D eigenvalue weighted by Gasteiger charge is 1.98. The van der Waals surface area contributed by atoms with E-state index in [2.05, 4.69) is 11.2 Å². The number of amidine groups is 1. The molecule has 0 bridgehead atoms. The second kappa shape index (κ2) is 6.22. The first-order valence-electron chi connectivity index (χ1n) is 5.79. The molecule has 0 aliphatic heterocycles. The van der Waals surface area contributed by atoms with Gasteiger partial charge < -0.3 is 10.6 Å². The number of nitriles is 1. The predicted molar refractivity (Wildman–Crippen MR) is 73.1 cm³/mol. The van der Waals surface area contributed by atoms with E-state index in [1.807, 2.05) is 42.5 Å². The molecule has 2 rings (SSSR count). The maximum atomic E-state index is 8.68. The van der Waals surface area contributed by atoms with Crippen LogP contribution in [0.15, 0.2) is 59.8 Å². The van der Waals surface area contributed by atoms with Crippen molar-refractivity contribution in [3.8, 4) is 6.07 Å². The van der Waals surface area contributed by atoms with E-state index in [9.17, 15) is 0 Å². The van der Waals surface area contributed by atoms with Gasteiger partial charge in [-0.25, -0.2) is 0 Å². The summed E-state index contributed by atoms with van der Waals surface area (Å²) in [6.07, 6.45) is 0. The number of nitrogens with two attached hydrogens (primary N) is 1. The fraction of sp³-hybridized carbons (Fsp3) is 0.0667. The second-order valence-corrected chi connectivity index (χ2v) is 3.92. The number of oxime groups is 1. The van der Waals surface area contributed by atoms with Gasteiger partial charge in [0.2, 0.25) is 0 Å². The topological polar surface area (TPSA) is 71.4 Å². The van der Waals surface area contributed by atoms with Gasteiger partial charge in [0.25, 0.3) is 0 Å². The number of hydrogen-bond acceptors (Lipinski definition) is 3. The molecule has 0 unspecified atom stereocenters. The molecule has 0 spiro atoms. The van der Waals surface area contributed by atoms with Crippen molar-refractivity contribution < 1.29 is 4.84 Å². The van der Waals surface area contributed by atoms with Crippen molar-refractivity contribution in [2.45, 2.75) is 6.61 Å². The van der Waals surface area contributed by atoms with Gasteiger partial charge in [0.15, 0.2) is 5.84 Å². The van der Waals surface area contributed by atoms with E-state index < -0.39 is 0 Å². The molecule has 0 radical (unpaired) electrons. The van der Waals surface area contributed by atoms with Crippen molar-refractivity contribution in [1.29, 1.82) is 5.26 Å². The Morgan fingerprint density at radius 2 is 1.79 bits per heavy atom. The SMILES string of the molecule is N#Cc1ccc(CO/N=C(\N)c2ccccc2)cc1. The standard InChI is InChI=1S/C15H13N3O/c16-10-12-6-8-13(9-7-12)11-19-18-15(17)14-4-2-1-3-5-14/h1-9H,11H2,(H2,17,18). The average molecular weight is 251 g/mol. The van der Waals surface area contributed by atoms with Crippen molar-refractivity contribution in [3.05, 3.63) is 71.3 Å². The molecule has 94 valence electrons. The minimum Gasteiger partial charge on any atom is -0.389 e. The molecule has 0 atom stereocenters. The summed E-state index contributed by atoms with van der Waals surface area (Å²) in [4.78, 5) is 5.19. The summed E-state index contributed by atoms with van der Waals surface area (Å²) in [6.45, 7) is 0.319. The zero-order valence-electron chi connectivity index (χ0n) is 10.3. The van der Waals surface area contributed by atoms with Crippen LogP contribution in [0.4, 0.5) is 0 Å². The highest BCUT2D eigenvalue weighted by molar-refractivity contribution is 5.96. The van der Waals surface area contributed by atoms with Crippen LogP contribution in [0.25, 0.3) is 0 Å². The van der Waals surface area contributed by atoms with Crippen LogP contribution >= 0.6 is 0 Å². The van der Waals surface area contributed by atoms with Crippen molar-refractivity contribution in [2.75, 3.05) is 0 Å². The summed E-state index contributed by atoms with van der Waals surface area (Å²) in [5, 5.41) is 12.5. The first-order chi connectivity index (χ1) is 9.29. The summed E-state index contributed by atoms with van der Waals surface area (Å²) >= 11 is 0. The predicted octanol–water partition coefficient (Wildman–Crippen LogP) is 2.40. The molecule has 4 heteroatoms. The lowest BCUT2D eigenvalue weighted by atomic mass is 10.2. The molecule has 0 saturated heterocycles. The first-order valence-corrected chi connectivity index (χ1v) is 5.79. The Labute approximate surface area is 111 Å². The molecule has 19 heavy (non-hydrogen) atoms. The van der Waals surface area contributed by atoms with Gasteiger partial charge in [0, 0.05) is 5.56 Å². The van der Waals surface area contributed by atoms with Crippen LogP contribution in [-0.2, 0) is 11.4 Å². The van der Waals surface area contributed by atoms with E-state index in [1.165, 1.54) is 0 Å². The Hall–Kier alpha value is -2.80. The third-order valence-electron chi connectivity index (χ3n) is 2.55. The molecule has 0 aliphatic rings. The van der Waals surface area contributed by atoms with Crippen LogP contribution in [-0.4, -0.2) is 5.84 Å². The third-order valence-corrected chi connectivity index (χ3v) is 2.55. The molecule has 2 N–H and O–H groups in total. The highest BCUT2D eigenvalue weighted by Crippen LogP contribution is 2.05. The highest BCUT2D eigenvalue weighted by atomic mass is 16.6. The lowest BCUT2D eigenvalue weighted by molar-refractivity contribution is 0.130. The van der Waals surface area contributed by atoms with E-state index in [-0.39, 0.29) is 0 Å². The van der Waals surface area contributed by atoms with Crippen molar-refractivity contribution in [1.82, 2.24) is 0 Å². The largest absolute Gasteiger partial charge is 0.389 e. The van der Waals surface area contributed by atoms with Crippen LogP contribution in [0.3, 0.4) is 0 Å². The minimum absolute atomic E-state index is 0.319. The van der Waals surface area contributed by atoms with Crippen LogP contribution in [0, 0.1) is 11.3 Å². The van der Waals surface area contributed by atoms with Gasteiger partial charge in [0.05, 0.1) is 11.6 Å². The fourth-order valence-electron chi connectivity index (χ4n) is 1.51. The molecule has 2 aromatic carbocycles. The number of rotatable bonds is 4. The lowest BCUT2D eigenvalue weighted by Gasteiger charge is -2.02. The molecule has 0 fully saturated rings. The average Bonchev–Trinajstić information content (AvgIpc) is 2.49. The monoisotopic (exact) mass is 251 g/mol. The van der Waals surface area contributed by atoms with Crippen LogP contribution < -0.4 is 5.73 Å². The number of benzene rings is 2. The number of nitrogens with zero attached hydrogens (tertiary/aromatic N) is 2. The summed E-state index contributed by atoms with van der Waals surface area (Å²) in [5.41, 5.74) is 8.16. The summed E-state index contributed by atoms with van der Waals surface area (Å²) in [7, 11) is 0. The molecule has 4 nitrogen and oxygen atoms in total. The van der Waals surface area contributed by atoms with Gasteiger partial charge in [0.1, 0.15) is 6.61 Å². The zero-order valence-corrected chi connectivity index (χ0v) is 10.3. The maximum Gasteiger partial charge on any atom is 0.170 e. The van der Waals surface area contributed by atoms with Crippen LogP contribution in [0.1, 0.15) is 16.7 Å². The van der Waals surface area contributed by atoms with E-state index in [0.717, 1.165) is 11.1 Å². The summed E-state index contributed by atoms with van der Waals surface area (Å²) in [6, 6.07) is 18.6. The van der Waals surface area contributed by atoms with Crippen LogP contribution in [0.2, 0.25) is 0 Å². The fourth-order valence-corrected chi connectivity index (χ4v) is 1.51. The van der Waals surface area contributed by atoms with Gasteiger partial charge in [-0.05, 0) is 17.7 Å².